The van der Waals surface area contributed by atoms with Crippen LogP contribution < -0.4 is 0 Å². The van der Waals surface area contributed by atoms with Crippen molar-refractivity contribution < 1.29 is 14.6 Å². The lowest BCUT2D eigenvalue weighted by atomic mass is 10.2. The van der Waals surface area contributed by atoms with E-state index < -0.39 is 0 Å². The van der Waals surface area contributed by atoms with Gasteiger partial charge in [0.1, 0.15) is 0 Å². The minimum absolute atomic E-state index is 0.276. The summed E-state index contributed by atoms with van der Waals surface area (Å²) >= 11 is 0. The molecular formula is C10H21NO3. The zero-order chi connectivity index (χ0) is 10.2. The van der Waals surface area contributed by atoms with Gasteiger partial charge in [-0.1, -0.05) is 0 Å². The van der Waals surface area contributed by atoms with Gasteiger partial charge in [-0.25, -0.2) is 0 Å². The fourth-order valence-electron chi connectivity index (χ4n) is 1.82. The normalized spacial score (nSPS) is 23.1. The number of likely N-dealkylation sites (tertiary alicyclic amines) is 1. The van der Waals surface area contributed by atoms with Gasteiger partial charge in [-0.15, -0.1) is 0 Å². The first-order valence-electron chi connectivity index (χ1n) is 5.30. The molecule has 1 N–H and O–H groups in total. The lowest BCUT2D eigenvalue weighted by molar-refractivity contribution is 0.0501. The largest absolute Gasteiger partial charge is 0.395 e. The summed E-state index contributed by atoms with van der Waals surface area (Å²) in [4.78, 5) is 2.30. The smallest absolute Gasteiger partial charge is 0.0700 e. The quantitative estimate of drug-likeness (QED) is 0.596. The van der Waals surface area contributed by atoms with E-state index in [2.05, 4.69) is 4.90 Å². The molecule has 1 aliphatic heterocycles. The van der Waals surface area contributed by atoms with E-state index in [-0.39, 0.29) is 6.61 Å². The van der Waals surface area contributed by atoms with Crippen LogP contribution in [0.4, 0.5) is 0 Å². The molecule has 4 nitrogen and oxygen atoms in total. The lowest BCUT2D eigenvalue weighted by Gasteiger charge is -2.22. The summed E-state index contributed by atoms with van der Waals surface area (Å²) in [5.41, 5.74) is 0. The molecule has 14 heavy (non-hydrogen) atoms. The Morgan fingerprint density at radius 2 is 2.21 bits per heavy atom. The molecule has 0 bridgehead atoms. The Morgan fingerprint density at radius 1 is 1.36 bits per heavy atom. The molecule has 0 aromatic carbocycles. The highest BCUT2D eigenvalue weighted by Gasteiger charge is 2.22. The molecule has 1 fully saturated rings. The fraction of sp³-hybridized carbons (Fsp3) is 1.00. The van der Waals surface area contributed by atoms with Crippen molar-refractivity contribution in [1.29, 1.82) is 0 Å². The first-order chi connectivity index (χ1) is 6.88. The molecular weight excluding hydrogens is 182 g/mol. The topological polar surface area (TPSA) is 41.9 Å². The molecule has 1 rings (SSSR count). The average Bonchev–Trinajstić information content (AvgIpc) is 2.65. The number of aliphatic hydroxyl groups excluding tert-OH is 1. The number of methoxy groups -OCH3 is 1. The van der Waals surface area contributed by atoms with Crippen molar-refractivity contribution in [3.63, 3.8) is 0 Å². The van der Waals surface area contributed by atoms with Gasteiger partial charge in [0.05, 0.1) is 26.4 Å². The van der Waals surface area contributed by atoms with Crippen LogP contribution in [-0.2, 0) is 9.47 Å². The van der Waals surface area contributed by atoms with Gasteiger partial charge in [0.2, 0.25) is 0 Å². The maximum atomic E-state index is 9.07. The molecule has 0 aliphatic carbocycles. The van der Waals surface area contributed by atoms with Crippen LogP contribution in [0.3, 0.4) is 0 Å². The van der Waals surface area contributed by atoms with Crippen LogP contribution in [-0.4, -0.2) is 62.7 Å². The van der Waals surface area contributed by atoms with E-state index in [1.165, 1.54) is 6.42 Å². The van der Waals surface area contributed by atoms with Crippen LogP contribution in [0, 0.1) is 0 Å². The molecule has 1 atom stereocenters. The monoisotopic (exact) mass is 203 g/mol. The van der Waals surface area contributed by atoms with Crippen molar-refractivity contribution in [2.24, 2.45) is 0 Å². The van der Waals surface area contributed by atoms with E-state index in [0.29, 0.717) is 19.3 Å². The van der Waals surface area contributed by atoms with Gasteiger partial charge < -0.3 is 14.6 Å². The van der Waals surface area contributed by atoms with Crippen LogP contribution in [0.15, 0.2) is 0 Å². The summed E-state index contributed by atoms with van der Waals surface area (Å²) in [6.07, 6.45) is 2.32. The predicted molar refractivity (Wildman–Crippen MR) is 54.4 cm³/mol. The second-order valence-corrected chi connectivity index (χ2v) is 3.62. The highest BCUT2D eigenvalue weighted by Crippen LogP contribution is 2.15. The number of rotatable bonds is 7. The summed E-state index contributed by atoms with van der Waals surface area (Å²) in [5.74, 6) is 0. The Kier molecular flexibility index (Phi) is 6.10. The third-order valence-corrected chi connectivity index (χ3v) is 2.66. The van der Waals surface area contributed by atoms with Crippen molar-refractivity contribution in [2.45, 2.75) is 18.9 Å². The molecule has 0 radical (unpaired) electrons. The number of hydrogen-bond acceptors (Lipinski definition) is 4. The molecule has 1 heterocycles. The van der Waals surface area contributed by atoms with Gasteiger partial charge in [0, 0.05) is 19.7 Å². The minimum atomic E-state index is 0.276. The molecule has 84 valence electrons. The Labute approximate surface area is 85.8 Å². The maximum Gasteiger partial charge on any atom is 0.0700 e. The Morgan fingerprint density at radius 3 is 2.93 bits per heavy atom. The van der Waals surface area contributed by atoms with Crippen LogP contribution in [0.25, 0.3) is 0 Å². The van der Waals surface area contributed by atoms with Gasteiger partial charge in [0.15, 0.2) is 0 Å². The average molecular weight is 203 g/mol. The molecule has 1 saturated heterocycles. The second-order valence-electron chi connectivity index (χ2n) is 3.62. The fourth-order valence-corrected chi connectivity index (χ4v) is 1.82. The van der Waals surface area contributed by atoms with Crippen LogP contribution in [0.5, 0.6) is 0 Å². The molecule has 0 saturated carbocycles. The number of aliphatic hydroxyl groups is 1. The van der Waals surface area contributed by atoms with Crippen LogP contribution in [0.1, 0.15) is 12.8 Å². The van der Waals surface area contributed by atoms with Crippen molar-refractivity contribution in [2.75, 3.05) is 46.6 Å². The van der Waals surface area contributed by atoms with Crippen molar-refractivity contribution in [3.8, 4) is 0 Å². The standard InChI is InChI=1S/C10H21NO3/c1-13-7-8-14-6-5-11-4-2-3-10(11)9-12/h10,12H,2-9H2,1H3/t10-/m1/s1. The van der Waals surface area contributed by atoms with E-state index in [1.54, 1.807) is 7.11 Å². The first kappa shape index (κ1) is 11.9. The molecule has 0 amide bonds. The summed E-state index contributed by atoms with van der Waals surface area (Å²) < 4.78 is 10.3. The Bertz CT molecular complexity index is 143. The van der Waals surface area contributed by atoms with Crippen LogP contribution in [0.2, 0.25) is 0 Å². The van der Waals surface area contributed by atoms with Crippen molar-refractivity contribution in [1.82, 2.24) is 4.90 Å². The highest BCUT2D eigenvalue weighted by molar-refractivity contribution is 4.77. The Balaban J connectivity index is 2.00. The number of ether oxygens (including phenoxy) is 2. The molecule has 4 heteroatoms. The van der Waals surface area contributed by atoms with E-state index in [4.69, 9.17) is 14.6 Å². The summed E-state index contributed by atoms with van der Waals surface area (Å²) in [6, 6.07) is 0.362. The Hall–Kier alpha value is -0.160. The summed E-state index contributed by atoms with van der Waals surface area (Å²) in [6.45, 7) is 4.35. The van der Waals surface area contributed by atoms with Gasteiger partial charge in [0.25, 0.3) is 0 Å². The summed E-state index contributed by atoms with van der Waals surface area (Å²) in [5, 5.41) is 9.07. The van der Waals surface area contributed by atoms with Crippen molar-refractivity contribution in [3.05, 3.63) is 0 Å². The van der Waals surface area contributed by atoms with E-state index in [1.807, 2.05) is 0 Å². The molecule has 0 aromatic heterocycles. The number of nitrogens with zero attached hydrogens (tertiary/aromatic N) is 1. The minimum Gasteiger partial charge on any atom is -0.395 e. The van der Waals surface area contributed by atoms with Crippen LogP contribution >= 0.6 is 0 Å². The molecule has 0 unspecified atom stereocenters. The third kappa shape index (κ3) is 3.92. The molecule has 0 spiro atoms. The maximum absolute atomic E-state index is 9.07. The van der Waals surface area contributed by atoms with Crippen molar-refractivity contribution >= 4 is 0 Å². The second kappa shape index (κ2) is 7.17. The molecule has 0 aromatic rings. The zero-order valence-electron chi connectivity index (χ0n) is 8.95. The first-order valence-corrected chi connectivity index (χ1v) is 5.30. The summed E-state index contributed by atoms with van der Waals surface area (Å²) in [7, 11) is 1.67. The molecule has 1 aliphatic rings. The van der Waals surface area contributed by atoms with Gasteiger partial charge in [-0.05, 0) is 19.4 Å². The van der Waals surface area contributed by atoms with Gasteiger partial charge in [-0.3, -0.25) is 4.90 Å². The number of hydrogen-bond donors (Lipinski definition) is 1. The predicted octanol–water partition coefficient (Wildman–Crippen LogP) is 0.106. The highest BCUT2D eigenvalue weighted by atomic mass is 16.5. The van der Waals surface area contributed by atoms with E-state index in [0.717, 1.165) is 26.1 Å². The zero-order valence-corrected chi connectivity index (χ0v) is 8.95. The van der Waals surface area contributed by atoms with Gasteiger partial charge >= 0.3 is 0 Å². The van der Waals surface area contributed by atoms with E-state index >= 15 is 0 Å². The SMILES string of the molecule is COCCOCCN1CCC[C@@H]1CO. The lowest BCUT2D eigenvalue weighted by Crippen LogP contribution is -2.35. The van der Waals surface area contributed by atoms with E-state index in [9.17, 15) is 0 Å². The van der Waals surface area contributed by atoms with Gasteiger partial charge in [-0.2, -0.15) is 0 Å². The third-order valence-electron chi connectivity index (χ3n) is 2.66.